The van der Waals surface area contributed by atoms with Crippen LogP contribution < -0.4 is 20.1 Å². The third-order valence-corrected chi connectivity index (χ3v) is 4.94. The Morgan fingerprint density at radius 1 is 1.23 bits per heavy atom. The quantitative estimate of drug-likeness (QED) is 0.705. The number of nitrogens with one attached hydrogen (secondary N) is 2. The molecule has 0 bridgehead atoms. The summed E-state index contributed by atoms with van der Waals surface area (Å²) in [7, 11) is 1.60. The van der Waals surface area contributed by atoms with Gasteiger partial charge in [-0.3, -0.25) is 4.79 Å². The summed E-state index contributed by atoms with van der Waals surface area (Å²) in [5.41, 5.74) is 1.26. The number of carbonyl (C=O) groups excluding carboxylic acids is 1. The number of hydrogen-bond donors (Lipinski definition) is 2. The Labute approximate surface area is 162 Å². The van der Waals surface area contributed by atoms with Gasteiger partial charge in [0.1, 0.15) is 0 Å². The highest BCUT2D eigenvalue weighted by molar-refractivity contribution is 9.10. The number of rotatable bonds is 7. The highest BCUT2D eigenvalue weighted by Gasteiger charge is 2.14. The van der Waals surface area contributed by atoms with Gasteiger partial charge < -0.3 is 20.1 Å². The summed E-state index contributed by atoms with van der Waals surface area (Å²) in [5, 5.41) is 6.34. The fourth-order valence-electron chi connectivity index (χ4n) is 2.98. The van der Waals surface area contributed by atoms with E-state index in [-0.39, 0.29) is 5.91 Å². The first-order valence-electron chi connectivity index (χ1n) is 8.77. The molecule has 1 atom stereocenters. The van der Waals surface area contributed by atoms with Gasteiger partial charge in [-0.05, 0) is 62.2 Å². The van der Waals surface area contributed by atoms with E-state index in [1.165, 1.54) is 12.8 Å². The van der Waals surface area contributed by atoms with Crippen LogP contribution in [-0.4, -0.2) is 32.2 Å². The maximum atomic E-state index is 12.3. The van der Waals surface area contributed by atoms with Crippen molar-refractivity contribution in [3.63, 3.8) is 0 Å². The summed E-state index contributed by atoms with van der Waals surface area (Å²) < 4.78 is 12.2. The molecule has 1 saturated heterocycles. The van der Waals surface area contributed by atoms with E-state index in [0.717, 1.165) is 17.4 Å². The Balaban J connectivity index is 1.60. The van der Waals surface area contributed by atoms with Crippen molar-refractivity contribution in [1.82, 2.24) is 5.32 Å². The van der Waals surface area contributed by atoms with Crippen molar-refractivity contribution in [2.45, 2.75) is 25.3 Å². The maximum Gasteiger partial charge on any atom is 0.255 e. The summed E-state index contributed by atoms with van der Waals surface area (Å²) in [6.45, 7) is 1.74. The maximum absolute atomic E-state index is 12.3. The Morgan fingerprint density at radius 2 is 2.04 bits per heavy atom. The van der Waals surface area contributed by atoms with Gasteiger partial charge in [-0.15, -0.1) is 0 Å². The van der Waals surface area contributed by atoms with Crippen molar-refractivity contribution >= 4 is 27.5 Å². The van der Waals surface area contributed by atoms with E-state index in [1.54, 1.807) is 25.3 Å². The monoisotopic (exact) mass is 418 g/mol. The number of methoxy groups -OCH3 is 1. The molecule has 1 amide bonds. The Morgan fingerprint density at radius 3 is 2.73 bits per heavy atom. The van der Waals surface area contributed by atoms with Crippen LogP contribution in [0.1, 0.15) is 29.6 Å². The molecule has 2 aromatic carbocycles. The fourth-order valence-corrected chi connectivity index (χ4v) is 3.25. The molecular weight excluding hydrogens is 396 g/mol. The van der Waals surface area contributed by atoms with Crippen LogP contribution >= 0.6 is 15.9 Å². The lowest BCUT2D eigenvalue weighted by molar-refractivity contribution is 0.102. The van der Waals surface area contributed by atoms with E-state index < -0.39 is 0 Å². The van der Waals surface area contributed by atoms with Gasteiger partial charge in [0.2, 0.25) is 0 Å². The lowest BCUT2D eigenvalue weighted by Crippen LogP contribution is -2.23. The van der Waals surface area contributed by atoms with Crippen LogP contribution in [0.4, 0.5) is 5.69 Å². The first kappa shape index (κ1) is 18.7. The van der Waals surface area contributed by atoms with Gasteiger partial charge in [0.15, 0.2) is 11.5 Å². The lowest BCUT2D eigenvalue weighted by atomic mass is 10.2. The summed E-state index contributed by atoms with van der Waals surface area (Å²) in [4.78, 5) is 12.3. The second-order valence-corrected chi connectivity index (χ2v) is 7.17. The highest BCUT2D eigenvalue weighted by atomic mass is 79.9. The molecule has 1 heterocycles. The van der Waals surface area contributed by atoms with Crippen molar-refractivity contribution in [1.29, 1.82) is 0 Å². The number of hydrogen-bond acceptors (Lipinski definition) is 4. The zero-order valence-electron chi connectivity index (χ0n) is 14.8. The van der Waals surface area contributed by atoms with Crippen molar-refractivity contribution in [2.75, 3.05) is 25.6 Å². The third kappa shape index (κ3) is 4.99. The second kappa shape index (κ2) is 9.05. The van der Waals surface area contributed by atoms with Gasteiger partial charge in [-0.25, -0.2) is 0 Å². The number of benzene rings is 2. The third-order valence-electron chi connectivity index (χ3n) is 4.41. The molecule has 0 aliphatic carbocycles. The van der Waals surface area contributed by atoms with E-state index in [4.69, 9.17) is 9.47 Å². The van der Waals surface area contributed by atoms with Gasteiger partial charge in [-0.2, -0.15) is 0 Å². The molecule has 1 fully saturated rings. The molecule has 6 heteroatoms. The first-order valence-corrected chi connectivity index (χ1v) is 9.56. The van der Waals surface area contributed by atoms with E-state index in [9.17, 15) is 4.79 Å². The molecule has 138 valence electrons. The van der Waals surface area contributed by atoms with Crippen LogP contribution in [0.25, 0.3) is 0 Å². The number of halogens is 1. The smallest absolute Gasteiger partial charge is 0.255 e. The molecule has 0 radical (unpaired) electrons. The van der Waals surface area contributed by atoms with Crippen molar-refractivity contribution in [2.24, 2.45) is 0 Å². The molecule has 0 saturated carbocycles. The van der Waals surface area contributed by atoms with Gasteiger partial charge in [-0.1, -0.05) is 15.9 Å². The standard InChI is InChI=1S/C20H23BrN2O3/c1-25-19-13-17(23-20(24)14-4-6-15(21)7-5-14)8-9-18(19)26-12-10-16-3-2-11-22-16/h4-9,13,16,22H,2-3,10-12H2,1H3,(H,23,24). The summed E-state index contributed by atoms with van der Waals surface area (Å²) in [5.74, 6) is 1.13. The molecule has 1 aliphatic heterocycles. The molecule has 1 aliphatic rings. The minimum Gasteiger partial charge on any atom is -0.493 e. The average molecular weight is 419 g/mol. The average Bonchev–Trinajstić information content (AvgIpc) is 3.16. The predicted octanol–water partition coefficient (Wildman–Crippen LogP) is 4.23. The molecule has 0 aromatic heterocycles. The molecule has 3 rings (SSSR count). The summed E-state index contributed by atoms with van der Waals surface area (Å²) in [6, 6.07) is 13.2. The number of amides is 1. The summed E-state index contributed by atoms with van der Waals surface area (Å²) >= 11 is 3.36. The SMILES string of the molecule is COc1cc(NC(=O)c2ccc(Br)cc2)ccc1OCCC1CCCN1. The molecule has 26 heavy (non-hydrogen) atoms. The molecule has 2 N–H and O–H groups in total. The zero-order chi connectivity index (χ0) is 18.4. The number of anilines is 1. The Bertz CT molecular complexity index is 743. The van der Waals surface area contributed by atoms with Gasteiger partial charge in [0.25, 0.3) is 5.91 Å². The first-order chi connectivity index (χ1) is 12.7. The van der Waals surface area contributed by atoms with Crippen LogP contribution in [0, 0.1) is 0 Å². The molecule has 5 nitrogen and oxygen atoms in total. The lowest BCUT2D eigenvalue weighted by Gasteiger charge is -2.15. The fraction of sp³-hybridized carbons (Fsp3) is 0.350. The number of carbonyl (C=O) groups is 1. The van der Waals surface area contributed by atoms with Crippen LogP contribution in [0.5, 0.6) is 11.5 Å². The van der Waals surface area contributed by atoms with Crippen molar-refractivity contribution in [3.05, 3.63) is 52.5 Å². The van der Waals surface area contributed by atoms with Crippen molar-refractivity contribution < 1.29 is 14.3 Å². The molecule has 2 aromatic rings. The van der Waals surface area contributed by atoms with Gasteiger partial charge >= 0.3 is 0 Å². The Kier molecular flexibility index (Phi) is 6.52. The van der Waals surface area contributed by atoms with Gasteiger partial charge in [0, 0.05) is 27.8 Å². The summed E-state index contributed by atoms with van der Waals surface area (Å²) in [6.07, 6.45) is 3.42. The van der Waals surface area contributed by atoms with Crippen LogP contribution in [0.3, 0.4) is 0 Å². The molecular formula is C20H23BrN2O3. The topological polar surface area (TPSA) is 59.6 Å². The second-order valence-electron chi connectivity index (χ2n) is 6.26. The van der Waals surface area contributed by atoms with E-state index in [0.29, 0.717) is 35.4 Å². The van der Waals surface area contributed by atoms with Crippen LogP contribution in [0.2, 0.25) is 0 Å². The predicted molar refractivity (Wildman–Crippen MR) is 106 cm³/mol. The molecule has 0 spiro atoms. The van der Waals surface area contributed by atoms with Gasteiger partial charge in [0.05, 0.1) is 13.7 Å². The van der Waals surface area contributed by atoms with Crippen LogP contribution in [0.15, 0.2) is 46.9 Å². The minimum atomic E-state index is -0.166. The van der Waals surface area contributed by atoms with E-state index in [2.05, 4.69) is 26.6 Å². The normalized spacial score (nSPS) is 16.3. The number of ether oxygens (including phenoxy) is 2. The zero-order valence-corrected chi connectivity index (χ0v) is 16.3. The van der Waals surface area contributed by atoms with Crippen LogP contribution in [-0.2, 0) is 0 Å². The minimum absolute atomic E-state index is 0.166. The van der Waals surface area contributed by atoms with Crippen molar-refractivity contribution in [3.8, 4) is 11.5 Å². The molecule has 1 unspecified atom stereocenters. The van der Waals surface area contributed by atoms with E-state index in [1.807, 2.05) is 24.3 Å². The largest absolute Gasteiger partial charge is 0.493 e. The van der Waals surface area contributed by atoms with E-state index >= 15 is 0 Å². The highest BCUT2D eigenvalue weighted by Crippen LogP contribution is 2.30. The Hall–Kier alpha value is -2.05.